The summed E-state index contributed by atoms with van der Waals surface area (Å²) in [4.78, 5) is 0. The van der Waals surface area contributed by atoms with E-state index in [-0.39, 0.29) is 6.54 Å². The third kappa shape index (κ3) is 0.715. The molecule has 0 aliphatic heterocycles. The van der Waals surface area contributed by atoms with E-state index in [0.29, 0.717) is 11.8 Å². The van der Waals surface area contributed by atoms with Gasteiger partial charge in [0.15, 0.2) is 0 Å². The van der Waals surface area contributed by atoms with Crippen molar-refractivity contribution >= 4 is 0 Å². The highest BCUT2D eigenvalue weighted by atomic mass is 19.1. The minimum absolute atomic E-state index is 0.244. The molecule has 0 saturated heterocycles. The number of halogens is 1. The van der Waals surface area contributed by atoms with Crippen molar-refractivity contribution in [3.05, 3.63) is 0 Å². The Morgan fingerprint density at radius 2 is 2.30 bits per heavy atom. The van der Waals surface area contributed by atoms with E-state index in [1.54, 1.807) is 0 Å². The number of nitrogens with two attached hydrogens (primary N) is 1. The van der Waals surface area contributed by atoms with Crippen LogP contribution in [-0.2, 0) is 0 Å². The first kappa shape index (κ1) is 6.59. The first-order chi connectivity index (χ1) is 4.74. The summed E-state index contributed by atoms with van der Waals surface area (Å²) in [5, 5.41) is 0. The van der Waals surface area contributed by atoms with Gasteiger partial charge in [-0.2, -0.15) is 0 Å². The molecule has 10 heavy (non-hydrogen) atoms. The molecule has 0 aromatic carbocycles. The number of rotatable bonds is 1. The standard InChI is InChI=1S/C8H14FN/c9-8(5-10)4-6-1-2-7(8)3-6/h6-7H,1-5,10H2. The minimum atomic E-state index is -0.969. The van der Waals surface area contributed by atoms with Gasteiger partial charge in [-0.3, -0.25) is 0 Å². The molecule has 2 bridgehead atoms. The summed E-state index contributed by atoms with van der Waals surface area (Å²) in [5.74, 6) is 0.973. The SMILES string of the molecule is NCC1(F)CC2CCC1C2. The molecular formula is C8H14FN. The Morgan fingerprint density at radius 3 is 2.60 bits per heavy atom. The van der Waals surface area contributed by atoms with Gasteiger partial charge in [-0.25, -0.2) is 4.39 Å². The molecule has 58 valence electrons. The largest absolute Gasteiger partial charge is 0.328 e. The highest BCUT2D eigenvalue weighted by Gasteiger charge is 2.50. The van der Waals surface area contributed by atoms with Crippen LogP contribution in [0.5, 0.6) is 0 Å². The van der Waals surface area contributed by atoms with E-state index < -0.39 is 5.67 Å². The Bertz CT molecular complexity index is 148. The summed E-state index contributed by atoms with van der Waals surface area (Å²) in [7, 11) is 0. The second kappa shape index (κ2) is 1.94. The normalized spacial score (nSPS) is 52.2. The lowest BCUT2D eigenvalue weighted by atomic mass is 9.86. The van der Waals surface area contributed by atoms with E-state index in [9.17, 15) is 4.39 Å². The van der Waals surface area contributed by atoms with E-state index in [0.717, 1.165) is 19.3 Å². The van der Waals surface area contributed by atoms with Crippen LogP contribution >= 0.6 is 0 Å². The van der Waals surface area contributed by atoms with Crippen LogP contribution in [0.25, 0.3) is 0 Å². The smallest absolute Gasteiger partial charge is 0.126 e. The Labute approximate surface area is 60.8 Å². The predicted octanol–water partition coefficient (Wildman–Crippen LogP) is 1.47. The minimum Gasteiger partial charge on any atom is -0.328 e. The lowest BCUT2D eigenvalue weighted by Gasteiger charge is -2.27. The third-order valence-corrected chi connectivity index (χ3v) is 3.24. The fourth-order valence-corrected chi connectivity index (χ4v) is 2.63. The van der Waals surface area contributed by atoms with Crippen molar-refractivity contribution in [3.8, 4) is 0 Å². The molecule has 3 unspecified atom stereocenters. The molecule has 0 aromatic rings. The Kier molecular flexibility index (Phi) is 1.28. The number of hydrogen-bond donors (Lipinski definition) is 1. The lowest BCUT2D eigenvalue weighted by molar-refractivity contribution is 0.0963. The molecule has 1 nitrogen and oxygen atoms in total. The summed E-state index contributed by atoms with van der Waals surface area (Å²) < 4.78 is 13.6. The Hall–Kier alpha value is -0.110. The van der Waals surface area contributed by atoms with Crippen molar-refractivity contribution in [3.63, 3.8) is 0 Å². The van der Waals surface area contributed by atoms with Crippen molar-refractivity contribution in [2.75, 3.05) is 6.54 Å². The fraction of sp³-hybridized carbons (Fsp3) is 1.00. The maximum atomic E-state index is 13.6. The van der Waals surface area contributed by atoms with Crippen LogP contribution in [-0.4, -0.2) is 12.2 Å². The first-order valence-corrected chi connectivity index (χ1v) is 4.13. The quantitative estimate of drug-likeness (QED) is 0.591. The average molecular weight is 143 g/mol. The van der Waals surface area contributed by atoms with Gasteiger partial charge in [0.2, 0.25) is 0 Å². The molecule has 0 heterocycles. The van der Waals surface area contributed by atoms with Crippen LogP contribution in [0.3, 0.4) is 0 Å². The molecule has 3 atom stereocenters. The molecule has 2 saturated carbocycles. The molecule has 2 aliphatic rings. The second-order valence-corrected chi connectivity index (χ2v) is 3.82. The monoisotopic (exact) mass is 143 g/mol. The highest BCUT2D eigenvalue weighted by Crippen LogP contribution is 2.52. The summed E-state index contributed by atoms with van der Waals surface area (Å²) in [6, 6.07) is 0. The van der Waals surface area contributed by atoms with Crippen LogP contribution in [0, 0.1) is 11.8 Å². The van der Waals surface area contributed by atoms with Gasteiger partial charge in [-0.05, 0) is 37.5 Å². The van der Waals surface area contributed by atoms with Gasteiger partial charge in [0.1, 0.15) is 5.67 Å². The Morgan fingerprint density at radius 1 is 1.50 bits per heavy atom. The fourth-order valence-electron chi connectivity index (χ4n) is 2.63. The topological polar surface area (TPSA) is 26.0 Å². The Balaban J connectivity index is 2.14. The lowest BCUT2D eigenvalue weighted by Crippen LogP contribution is -2.38. The zero-order valence-corrected chi connectivity index (χ0v) is 6.15. The maximum Gasteiger partial charge on any atom is 0.126 e. The van der Waals surface area contributed by atoms with Crippen LogP contribution in [0.1, 0.15) is 25.7 Å². The van der Waals surface area contributed by atoms with E-state index >= 15 is 0 Å². The number of alkyl halides is 1. The molecule has 0 amide bonds. The summed E-state index contributed by atoms with van der Waals surface area (Å²) >= 11 is 0. The van der Waals surface area contributed by atoms with Crippen molar-refractivity contribution in [2.24, 2.45) is 17.6 Å². The molecule has 2 fully saturated rings. The van der Waals surface area contributed by atoms with Gasteiger partial charge in [0.05, 0.1) is 0 Å². The zero-order valence-electron chi connectivity index (χ0n) is 6.15. The van der Waals surface area contributed by atoms with Crippen LogP contribution < -0.4 is 5.73 Å². The van der Waals surface area contributed by atoms with Crippen LogP contribution in [0.2, 0.25) is 0 Å². The van der Waals surface area contributed by atoms with Crippen LogP contribution in [0.15, 0.2) is 0 Å². The molecule has 0 radical (unpaired) electrons. The van der Waals surface area contributed by atoms with Crippen molar-refractivity contribution in [1.29, 1.82) is 0 Å². The molecule has 2 N–H and O–H groups in total. The van der Waals surface area contributed by atoms with Gasteiger partial charge in [0, 0.05) is 6.54 Å². The average Bonchev–Trinajstić information content (AvgIpc) is 2.46. The first-order valence-electron chi connectivity index (χ1n) is 4.13. The van der Waals surface area contributed by atoms with Gasteiger partial charge in [-0.1, -0.05) is 0 Å². The molecular weight excluding hydrogens is 129 g/mol. The molecule has 2 aliphatic carbocycles. The predicted molar refractivity (Wildman–Crippen MR) is 38.3 cm³/mol. The molecule has 0 aromatic heterocycles. The maximum absolute atomic E-state index is 13.6. The molecule has 2 rings (SSSR count). The summed E-state index contributed by atoms with van der Waals surface area (Å²) in [6.45, 7) is 0.244. The number of hydrogen-bond acceptors (Lipinski definition) is 1. The van der Waals surface area contributed by atoms with E-state index in [4.69, 9.17) is 5.73 Å². The molecule has 2 heteroatoms. The second-order valence-electron chi connectivity index (χ2n) is 3.82. The highest BCUT2D eigenvalue weighted by molar-refractivity contribution is 5.01. The van der Waals surface area contributed by atoms with E-state index in [1.165, 1.54) is 6.42 Å². The zero-order chi connectivity index (χ0) is 7.19. The number of fused-ring (bicyclic) bond motifs is 2. The van der Waals surface area contributed by atoms with Crippen molar-refractivity contribution in [2.45, 2.75) is 31.4 Å². The van der Waals surface area contributed by atoms with Gasteiger partial charge in [0.25, 0.3) is 0 Å². The van der Waals surface area contributed by atoms with Crippen molar-refractivity contribution < 1.29 is 4.39 Å². The van der Waals surface area contributed by atoms with E-state index in [2.05, 4.69) is 0 Å². The third-order valence-electron chi connectivity index (χ3n) is 3.24. The van der Waals surface area contributed by atoms with Crippen LogP contribution in [0.4, 0.5) is 4.39 Å². The van der Waals surface area contributed by atoms with E-state index in [1.807, 2.05) is 0 Å². The van der Waals surface area contributed by atoms with Gasteiger partial charge >= 0.3 is 0 Å². The summed E-state index contributed by atoms with van der Waals surface area (Å²) in [6.07, 6.45) is 4.18. The summed E-state index contributed by atoms with van der Waals surface area (Å²) in [5.41, 5.74) is 4.41. The van der Waals surface area contributed by atoms with Crippen molar-refractivity contribution in [1.82, 2.24) is 0 Å². The molecule has 0 spiro atoms. The van der Waals surface area contributed by atoms with Gasteiger partial charge in [-0.15, -0.1) is 0 Å². The van der Waals surface area contributed by atoms with Gasteiger partial charge < -0.3 is 5.73 Å².